The van der Waals surface area contributed by atoms with E-state index in [9.17, 15) is 13.2 Å². The number of ether oxygens (including phenoxy) is 1. The van der Waals surface area contributed by atoms with Gasteiger partial charge in [-0.25, -0.2) is 13.2 Å². The Bertz CT molecular complexity index is 876. The molecule has 0 aliphatic carbocycles. The fourth-order valence-electron chi connectivity index (χ4n) is 3.02. The first kappa shape index (κ1) is 17.4. The molecule has 0 amide bonds. The van der Waals surface area contributed by atoms with Gasteiger partial charge in [-0.3, -0.25) is 0 Å². The van der Waals surface area contributed by atoms with E-state index < -0.39 is 22.0 Å². The van der Waals surface area contributed by atoms with E-state index in [2.05, 4.69) is 0 Å². The summed E-state index contributed by atoms with van der Waals surface area (Å²) < 4.78 is 32.6. The molecule has 0 N–H and O–H groups in total. The molecule has 0 saturated carbocycles. The van der Waals surface area contributed by atoms with Gasteiger partial charge in [0.05, 0.1) is 23.6 Å². The van der Waals surface area contributed by atoms with Gasteiger partial charge < -0.3 is 4.74 Å². The molecule has 2 aromatic rings. The Morgan fingerprint density at radius 2 is 1.64 bits per heavy atom. The van der Waals surface area contributed by atoms with Gasteiger partial charge in [-0.2, -0.15) is 4.31 Å². The van der Waals surface area contributed by atoms with E-state index in [1.54, 1.807) is 36.4 Å². The lowest BCUT2D eigenvalue weighted by molar-refractivity contribution is -0.136. The molecule has 3 rings (SSSR count). The van der Waals surface area contributed by atoms with Crippen molar-refractivity contribution in [3.05, 3.63) is 77.9 Å². The van der Waals surface area contributed by atoms with Crippen LogP contribution in [-0.4, -0.2) is 32.3 Å². The first-order valence-electron chi connectivity index (χ1n) is 7.96. The van der Waals surface area contributed by atoms with Crippen LogP contribution in [0.1, 0.15) is 18.0 Å². The molecule has 25 heavy (non-hydrogen) atoms. The van der Waals surface area contributed by atoms with Crippen LogP contribution in [0.2, 0.25) is 0 Å². The molecule has 0 aromatic heterocycles. The summed E-state index contributed by atoms with van der Waals surface area (Å²) in [4.78, 5) is 12.5. The van der Waals surface area contributed by atoms with Gasteiger partial charge in [0.1, 0.15) is 0 Å². The molecular weight excluding hydrogens is 338 g/mol. The Hall–Kier alpha value is -2.44. The molecule has 0 spiro atoms. The van der Waals surface area contributed by atoms with Crippen LogP contribution < -0.4 is 0 Å². The number of rotatable bonds is 4. The fourth-order valence-corrected chi connectivity index (χ4v) is 4.65. The molecule has 6 heteroatoms. The second kappa shape index (κ2) is 7.21. The van der Waals surface area contributed by atoms with Gasteiger partial charge in [0.15, 0.2) is 0 Å². The van der Waals surface area contributed by atoms with Gasteiger partial charge >= 0.3 is 5.97 Å². The largest absolute Gasteiger partial charge is 0.466 e. The maximum atomic E-state index is 13.2. The van der Waals surface area contributed by atoms with E-state index in [1.807, 2.05) is 30.3 Å². The topological polar surface area (TPSA) is 63.7 Å². The maximum absolute atomic E-state index is 13.2. The number of hydrogen-bond donors (Lipinski definition) is 0. The molecule has 1 aliphatic rings. The summed E-state index contributed by atoms with van der Waals surface area (Å²) in [5.41, 5.74) is 1.08. The average molecular weight is 357 g/mol. The van der Waals surface area contributed by atoms with Gasteiger partial charge in [0.2, 0.25) is 10.0 Å². The van der Waals surface area contributed by atoms with Crippen LogP contribution >= 0.6 is 0 Å². The Kier molecular flexibility index (Phi) is 5.01. The van der Waals surface area contributed by atoms with Crippen molar-refractivity contribution in [2.45, 2.75) is 17.4 Å². The number of carbonyl (C=O) groups excluding carboxylic acids is 1. The van der Waals surface area contributed by atoms with Crippen molar-refractivity contribution >= 4 is 16.0 Å². The van der Waals surface area contributed by atoms with Gasteiger partial charge in [0, 0.05) is 6.54 Å². The van der Waals surface area contributed by atoms with Crippen molar-refractivity contribution in [2.24, 2.45) is 0 Å². The first-order chi connectivity index (χ1) is 12.1. The zero-order valence-electron chi connectivity index (χ0n) is 13.8. The van der Waals surface area contributed by atoms with E-state index in [4.69, 9.17) is 4.74 Å². The summed E-state index contributed by atoms with van der Waals surface area (Å²) in [6.45, 7) is 0.303. The minimum Gasteiger partial charge on any atom is -0.466 e. The predicted octanol–water partition coefficient (Wildman–Crippen LogP) is 2.92. The summed E-state index contributed by atoms with van der Waals surface area (Å²) in [5, 5.41) is 0. The Morgan fingerprint density at radius 3 is 2.24 bits per heavy atom. The Labute approximate surface area is 147 Å². The highest BCUT2D eigenvalue weighted by atomic mass is 32.2. The quantitative estimate of drug-likeness (QED) is 0.789. The van der Waals surface area contributed by atoms with Crippen LogP contribution in [0.5, 0.6) is 0 Å². The molecule has 0 fully saturated rings. The molecule has 1 aliphatic heterocycles. The summed E-state index contributed by atoms with van der Waals surface area (Å²) in [6, 6.07) is 16.7. The lowest BCUT2D eigenvalue weighted by Crippen LogP contribution is -2.40. The SMILES string of the molecule is COC(=O)C1=CCCN(S(=O)(=O)c2ccccc2)C1c1ccccc1. The highest BCUT2D eigenvalue weighted by Crippen LogP contribution is 2.37. The maximum Gasteiger partial charge on any atom is 0.335 e. The molecule has 0 radical (unpaired) electrons. The number of hydrogen-bond acceptors (Lipinski definition) is 4. The highest BCUT2D eigenvalue weighted by molar-refractivity contribution is 7.89. The predicted molar refractivity (Wildman–Crippen MR) is 94.2 cm³/mol. The smallest absolute Gasteiger partial charge is 0.335 e. The summed E-state index contributed by atoms with van der Waals surface area (Å²) in [7, 11) is -2.45. The van der Waals surface area contributed by atoms with E-state index in [1.165, 1.54) is 11.4 Å². The number of carbonyl (C=O) groups is 1. The molecule has 1 unspecified atom stereocenters. The van der Waals surface area contributed by atoms with E-state index in [0.717, 1.165) is 5.56 Å². The molecule has 130 valence electrons. The molecule has 0 saturated heterocycles. The summed E-state index contributed by atoms with van der Waals surface area (Å²) in [5.74, 6) is -0.512. The Morgan fingerprint density at radius 1 is 1.04 bits per heavy atom. The third kappa shape index (κ3) is 3.36. The van der Waals surface area contributed by atoms with Gasteiger partial charge in [-0.1, -0.05) is 54.6 Å². The highest BCUT2D eigenvalue weighted by Gasteiger charge is 2.39. The normalized spacial score (nSPS) is 18.4. The van der Waals surface area contributed by atoms with Crippen LogP contribution in [0.3, 0.4) is 0 Å². The molecule has 5 nitrogen and oxygen atoms in total. The number of methoxy groups -OCH3 is 1. The zero-order valence-corrected chi connectivity index (χ0v) is 14.6. The van der Waals surface area contributed by atoms with Crippen LogP contribution in [0.4, 0.5) is 0 Å². The number of benzene rings is 2. The minimum absolute atomic E-state index is 0.210. The molecule has 0 bridgehead atoms. The second-order valence-corrected chi connectivity index (χ2v) is 7.57. The Balaban J connectivity index is 2.12. The van der Waals surface area contributed by atoms with Crippen LogP contribution in [-0.2, 0) is 19.6 Å². The van der Waals surface area contributed by atoms with Crippen LogP contribution in [0.25, 0.3) is 0 Å². The number of nitrogens with zero attached hydrogens (tertiary/aromatic N) is 1. The average Bonchev–Trinajstić information content (AvgIpc) is 2.68. The standard InChI is InChI=1S/C19H19NO4S/c1-24-19(21)17-13-8-14-20(18(17)15-9-4-2-5-10-15)25(22,23)16-11-6-3-7-12-16/h2-7,9-13,18H,8,14H2,1H3. The van der Waals surface area contributed by atoms with Crippen LogP contribution in [0, 0.1) is 0 Å². The summed E-state index contributed by atoms with van der Waals surface area (Å²) in [6.07, 6.45) is 2.22. The van der Waals surface area contributed by atoms with Gasteiger partial charge in [-0.15, -0.1) is 0 Å². The summed E-state index contributed by atoms with van der Waals surface area (Å²) >= 11 is 0. The lowest BCUT2D eigenvalue weighted by Gasteiger charge is -2.34. The van der Waals surface area contributed by atoms with Crippen molar-refractivity contribution in [1.82, 2.24) is 4.31 Å². The third-order valence-electron chi connectivity index (χ3n) is 4.18. The van der Waals surface area contributed by atoms with E-state index >= 15 is 0 Å². The third-order valence-corrected chi connectivity index (χ3v) is 6.06. The molecule has 1 atom stereocenters. The number of esters is 1. The van der Waals surface area contributed by atoms with Crippen molar-refractivity contribution in [3.8, 4) is 0 Å². The van der Waals surface area contributed by atoms with Gasteiger partial charge in [-0.05, 0) is 24.1 Å². The van der Waals surface area contributed by atoms with Gasteiger partial charge in [0.25, 0.3) is 0 Å². The minimum atomic E-state index is -3.75. The molecular formula is C19H19NO4S. The van der Waals surface area contributed by atoms with E-state index in [0.29, 0.717) is 18.5 Å². The number of sulfonamides is 1. The second-order valence-electron chi connectivity index (χ2n) is 5.68. The first-order valence-corrected chi connectivity index (χ1v) is 9.40. The fraction of sp³-hybridized carbons (Fsp3) is 0.211. The molecule has 2 aromatic carbocycles. The lowest BCUT2D eigenvalue weighted by atomic mass is 9.95. The molecule has 1 heterocycles. The van der Waals surface area contributed by atoms with Crippen molar-refractivity contribution < 1.29 is 17.9 Å². The van der Waals surface area contributed by atoms with Crippen LogP contribution in [0.15, 0.2) is 77.2 Å². The zero-order chi connectivity index (χ0) is 17.9. The van der Waals surface area contributed by atoms with Crippen molar-refractivity contribution in [3.63, 3.8) is 0 Å². The monoisotopic (exact) mass is 357 g/mol. The van der Waals surface area contributed by atoms with Crippen molar-refractivity contribution in [2.75, 3.05) is 13.7 Å². The van der Waals surface area contributed by atoms with Crippen molar-refractivity contribution in [1.29, 1.82) is 0 Å². The van der Waals surface area contributed by atoms with E-state index in [-0.39, 0.29) is 4.90 Å².